The Bertz CT molecular complexity index is 1820. The van der Waals surface area contributed by atoms with Gasteiger partial charge in [0.25, 0.3) is 0 Å². The molecule has 2 fully saturated rings. The lowest BCUT2D eigenvalue weighted by Crippen LogP contribution is -2.57. The van der Waals surface area contributed by atoms with Crippen LogP contribution in [0.15, 0.2) is 0 Å². The second kappa shape index (κ2) is 25.6. The van der Waals surface area contributed by atoms with Crippen LogP contribution in [-0.2, 0) is 62.3 Å². The van der Waals surface area contributed by atoms with E-state index < -0.39 is 145 Å². The van der Waals surface area contributed by atoms with Crippen molar-refractivity contribution in [1.29, 1.82) is 0 Å². The number of carbonyl (C=O) groups is 13. The van der Waals surface area contributed by atoms with Crippen molar-refractivity contribution in [3.63, 3.8) is 0 Å². The SMILES string of the molecule is CC[C@H](C)[C@H](NC(=O)C(C)NC(=O)CNC(=O)C(CCC(N)=O)NC(C)=O)C(=O)NCC(=O)NC(CC(C)C)C(=O)N1CCC[C@H]1C(=O)NCC(=O)NC(=O)CN1C(=O)CC(C)C1=O. The van der Waals surface area contributed by atoms with E-state index in [2.05, 4.69) is 37.2 Å². The molecule has 24 heteroatoms. The van der Waals surface area contributed by atoms with E-state index in [1.807, 2.05) is 19.2 Å². The minimum atomic E-state index is -1.19. The summed E-state index contributed by atoms with van der Waals surface area (Å²) in [4.78, 5) is 165. The number of nitrogens with zero attached hydrogens (tertiary/aromatic N) is 2. The molecule has 13 amide bonds. The molecule has 0 aromatic heterocycles. The highest BCUT2D eigenvalue weighted by Crippen LogP contribution is 2.21. The molecule has 0 aromatic carbocycles. The van der Waals surface area contributed by atoms with Gasteiger partial charge in [-0.05, 0) is 44.4 Å². The third-order valence-corrected chi connectivity index (χ3v) is 10.4. The lowest BCUT2D eigenvalue weighted by atomic mass is 9.98. The largest absolute Gasteiger partial charge is 0.370 e. The van der Waals surface area contributed by atoms with Gasteiger partial charge in [0.1, 0.15) is 36.8 Å². The fourth-order valence-electron chi connectivity index (χ4n) is 6.83. The molecule has 2 aliphatic rings. The number of amides is 13. The molecule has 0 bridgehead atoms. The van der Waals surface area contributed by atoms with Gasteiger partial charge in [-0.15, -0.1) is 0 Å². The van der Waals surface area contributed by atoms with E-state index in [1.165, 1.54) is 18.7 Å². The van der Waals surface area contributed by atoms with E-state index in [4.69, 9.17) is 5.73 Å². The summed E-state index contributed by atoms with van der Waals surface area (Å²) in [6, 6.07) is -5.60. The van der Waals surface area contributed by atoms with Gasteiger partial charge in [-0.1, -0.05) is 41.0 Å². The molecule has 0 aromatic rings. The fourth-order valence-corrected chi connectivity index (χ4v) is 6.83. The van der Waals surface area contributed by atoms with Gasteiger partial charge in [0.05, 0.1) is 19.6 Å². The van der Waals surface area contributed by atoms with Crippen molar-refractivity contribution in [3.05, 3.63) is 0 Å². The maximum Gasteiger partial charge on any atom is 0.246 e. The number of nitrogens with one attached hydrogen (secondary N) is 8. The fraction of sp³-hybridized carbons (Fsp3) is 0.675. The van der Waals surface area contributed by atoms with E-state index in [0.717, 1.165) is 4.90 Å². The Morgan fingerprint density at radius 1 is 0.750 bits per heavy atom. The van der Waals surface area contributed by atoms with E-state index in [1.54, 1.807) is 20.8 Å². The number of rotatable bonds is 24. The van der Waals surface area contributed by atoms with Crippen LogP contribution in [0, 0.1) is 17.8 Å². The Balaban J connectivity index is 1.95. The summed E-state index contributed by atoms with van der Waals surface area (Å²) in [5.74, 6) is -10.3. The maximum absolute atomic E-state index is 13.8. The van der Waals surface area contributed by atoms with Crippen LogP contribution in [0.4, 0.5) is 0 Å². The summed E-state index contributed by atoms with van der Waals surface area (Å²) in [5.41, 5.74) is 5.12. The second-order valence-corrected chi connectivity index (χ2v) is 16.4. The monoisotopic (exact) mass is 905 g/mol. The van der Waals surface area contributed by atoms with E-state index in [-0.39, 0.29) is 44.6 Å². The highest BCUT2D eigenvalue weighted by Gasteiger charge is 2.39. The van der Waals surface area contributed by atoms with E-state index >= 15 is 0 Å². The molecule has 0 radical (unpaired) electrons. The number of carbonyl (C=O) groups excluding carboxylic acids is 13. The first kappa shape index (κ1) is 53.6. The molecular weight excluding hydrogens is 843 g/mol. The van der Waals surface area contributed by atoms with Crippen LogP contribution in [0.25, 0.3) is 0 Å². The lowest BCUT2D eigenvalue weighted by molar-refractivity contribution is -0.144. The van der Waals surface area contributed by atoms with Gasteiger partial charge in [-0.3, -0.25) is 72.5 Å². The molecule has 24 nitrogen and oxygen atoms in total. The van der Waals surface area contributed by atoms with Crippen molar-refractivity contribution in [2.75, 3.05) is 32.7 Å². The molecule has 356 valence electrons. The number of hydrogen-bond acceptors (Lipinski definition) is 13. The molecule has 2 saturated heterocycles. The predicted octanol–water partition coefficient (Wildman–Crippen LogP) is -4.30. The summed E-state index contributed by atoms with van der Waals surface area (Å²) in [5, 5.41) is 19.2. The minimum absolute atomic E-state index is 0.0425. The molecule has 0 spiro atoms. The zero-order valence-electron chi connectivity index (χ0n) is 37.4. The molecule has 2 rings (SSSR count). The number of imide groups is 2. The highest BCUT2D eigenvalue weighted by atomic mass is 16.2. The van der Waals surface area contributed by atoms with Crippen molar-refractivity contribution in [2.24, 2.45) is 23.5 Å². The molecule has 7 atom stereocenters. The molecule has 64 heavy (non-hydrogen) atoms. The first-order valence-corrected chi connectivity index (χ1v) is 21.2. The standard InChI is InChI=1S/C40H63N11O13/c1-8-21(4)34(49-35(59)23(6)45-29(54)16-42-36(60)25(46-24(7)52)11-12-28(41)53)38(62)44-17-30(55)47-26(14-20(2)3)40(64)50-13-9-10-27(50)37(61)43-18-31(56)48-32(57)19-51-33(58)15-22(5)39(51)63/h20-23,25-27,34H,8-19H2,1-7H3,(H2,41,53)(H,42,60)(H,43,61)(H,44,62)(H,45,54)(H,46,52)(H,47,55)(H,49,59)(H,48,56,57)/t21-,22?,23?,25?,26?,27-,34-/m0/s1. The van der Waals surface area contributed by atoms with Crippen LogP contribution in [-0.4, -0.2) is 150 Å². The molecule has 0 aliphatic carbocycles. The van der Waals surface area contributed by atoms with E-state index in [0.29, 0.717) is 12.8 Å². The molecule has 0 saturated carbocycles. The molecular formula is C40H63N11O13. The summed E-state index contributed by atoms with van der Waals surface area (Å²) >= 11 is 0. The van der Waals surface area contributed by atoms with Gasteiger partial charge in [0.15, 0.2) is 0 Å². The first-order valence-electron chi connectivity index (χ1n) is 21.2. The zero-order valence-corrected chi connectivity index (χ0v) is 37.4. The van der Waals surface area contributed by atoms with Crippen LogP contribution in [0.2, 0.25) is 0 Å². The maximum atomic E-state index is 13.8. The van der Waals surface area contributed by atoms with Crippen LogP contribution in [0.5, 0.6) is 0 Å². The van der Waals surface area contributed by atoms with Gasteiger partial charge >= 0.3 is 0 Å². The number of nitrogens with two attached hydrogens (primary N) is 1. The number of hydrogen-bond donors (Lipinski definition) is 9. The van der Waals surface area contributed by atoms with Gasteiger partial charge in [-0.2, -0.15) is 0 Å². The van der Waals surface area contributed by atoms with Crippen molar-refractivity contribution in [3.8, 4) is 0 Å². The molecule has 2 heterocycles. The van der Waals surface area contributed by atoms with Crippen molar-refractivity contribution in [1.82, 2.24) is 52.3 Å². The van der Waals surface area contributed by atoms with Crippen LogP contribution in [0.3, 0.4) is 0 Å². The van der Waals surface area contributed by atoms with Crippen molar-refractivity contribution < 1.29 is 62.3 Å². The summed E-state index contributed by atoms with van der Waals surface area (Å²) in [6.07, 6.45) is 0.920. The molecule has 4 unspecified atom stereocenters. The van der Waals surface area contributed by atoms with Crippen LogP contribution >= 0.6 is 0 Å². The average molecular weight is 906 g/mol. The highest BCUT2D eigenvalue weighted by molar-refractivity contribution is 6.07. The quantitative estimate of drug-likeness (QED) is 0.0415. The van der Waals surface area contributed by atoms with E-state index in [9.17, 15) is 62.3 Å². The van der Waals surface area contributed by atoms with Crippen molar-refractivity contribution in [2.45, 2.75) is 124 Å². The number of primary amides is 1. The summed E-state index contributed by atoms with van der Waals surface area (Å²) in [7, 11) is 0. The van der Waals surface area contributed by atoms with Gasteiger partial charge < -0.3 is 47.9 Å². The smallest absolute Gasteiger partial charge is 0.246 e. The van der Waals surface area contributed by atoms with Gasteiger partial charge in [0.2, 0.25) is 76.8 Å². The Hall–Kier alpha value is -6.49. The first-order chi connectivity index (χ1) is 29.9. The molecule has 10 N–H and O–H groups in total. The normalized spacial score (nSPS) is 18.1. The van der Waals surface area contributed by atoms with Crippen molar-refractivity contribution >= 4 is 76.8 Å². The Morgan fingerprint density at radius 3 is 1.92 bits per heavy atom. The lowest BCUT2D eigenvalue weighted by Gasteiger charge is -2.29. The van der Waals surface area contributed by atoms with Gasteiger partial charge in [-0.25, -0.2) is 0 Å². The predicted molar refractivity (Wildman–Crippen MR) is 224 cm³/mol. The second-order valence-electron chi connectivity index (χ2n) is 16.4. The Labute approximate surface area is 370 Å². The topological polar surface area (TPSA) is 351 Å². The average Bonchev–Trinajstić information content (AvgIpc) is 3.80. The zero-order chi connectivity index (χ0) is 48.4. The third-order valence-electron chi connectivity index (χ3n) is 10.4. The van der Waals surface area contributed by atoms with Crippen LogP contribution in [0.1, 0.15) is 93.4 Å². The van der Waals surface area contributed by atoms with Crippen LogP contribution < -0.4 is 48.3 Å². The summed E-state index contributed by atoms with van der Waals surface area (Å²) < 4.78 is 0. The number of likely N-dealkylation sites (tertiary alicyclic amines) is 2. The molecule has 2 aliphatic heterocycles. The Morgan fingerprint density at radius 2 is 1.36 bits per heavy atom. The van der Waals surface area contributed by atoms with Gasteiger partial charge in [0, 0.05) is 32.2 Å². The third kappa shape index (κ3) is 17.3. The Kier molecular flexibility index (Phi) is 21.4. The summed E-state index contributed by atoms with van der Waals surface area (Å²) in [6.45, 7) is 8.84. The minimum Gasteiger partial charge on any atom is -0.370 e.